The van der Waals surface area contributed by atoms with Crippen molar-refractivity contribution in [3.05, 3.63) is 35.4 Å². The third-order valence-electron chi connectivity index (χ3n) is 2.83. The fraction of sp³-hybridized carbons (Fsp3) is 0.571. The van der Waals surface area contributed by atoms with Gasteiger partial charge in [-0.2, -0.15) is 0 Å². The minimum Gasteiger partial charge on any atom is -0.317 e. The summed E-state index contributed by atoms with van der Waals surface area (Å²) < 4.78 is 26.1. The van der Waals surface area contributed by atoms with Gasteiger partial charge in [0.2, 0.25) is 0 Å². The molecule has 0 aliphatic carbocycles. The molecule has 0 aromatic heterocycles. The average molecular weight is 241 g/mol. The summed E-state index contributed by atoms with van der Waals surface area (Å²) in [5, 5.41) is 3.30. The zero-order valence-electron chi connectivity index (χ0n) is 10.6. The number of rotatable bonds is 7. The van der Waals surface area contributed by atoms with Crippen LogP contribution >= 0.6 is 0 Å². The van der Waals surface area contributed by atoms with E-state index in [0.29, 0.717) is 5.92 Å². The maximum Gasteiger partial charge on any atom is 0.126 e. The number of nitrogens with one attached hydrogen (secondary N) is 1. The van der Waals surface area contributed by atoms with Crippen molar-refractivity contribution in [3.8, 4) is 0 Å². The van der Waals surface area contributed by atoms with Crippen molar-refractivity contribution in [3.63, 3.8) is 0 Å². The van der Waals surface area contributed by atoms with Crippen LogP contribution in [-0.2, 0) is 6.42 Å². The Balaban J connectivity index is 2.63. The predicted octanol–water partition coefficient (Wildman–Crippen LogP) is 3.53. The minimum atomic E-state index is -0.487. The Labute approximate surface area is 102 Å². The molecular formula is C14H21F2N. The fourth-order valence-electron chi connectivity index (χ4n) is 2.10. The molecule has 0 saturated heterocycles. The number of hydrogen-bond donors (Lipinski definition) is 1. The molecule has 1 aromatic carbocycles. The van der Waals surface area contributed by atoms with Crippen molar-refractivity contribution in [2.75, 3.05) is 13.1 Å². The Kier molecular flexibility index (Phi) is 6.12. The Bertz CT molecular complexity index is 319. The predicted molar refractivity (Wildman–Crippen MR) is 67.0 cm³/mol. The van der Waals surface area contributed by atoms with Gasteiger partial charge in [-0.25, -0.2) is 8.78 Å². The highest BCUT2D eigenvalue weighted by Crippen LogP contribution is 2.16. The third-order valence-corrected chi connectivity index (χ3v) is 2.83. The first kappa shape index (κ1) is 14.1. The molecule has 0 spiro atoms. The lowest BCUT2D eigenvalue weighted by molar-refractivity contribution is 0.442. The molecule has 1 nitrogen and oxygen atoms in total. The van der Waals surface area contributed by atoms with Crippen LogP contribution in [0.2, 0.25) is 0 Å². The van der Waals surface area contributed by atoms with Crippen LogP contribution < -0.4 is 5.32 Å². The number of benzene rings is 1. The van der Waals surface area contributed by atoms with E-state index in [1.165, 1.54) is 12.1 Å². The van der Waals surface area contributed by atoms with Gasteiger partial charge in [-0.05, 0) is 49.5 Å². The molecule has 1 N–H and O–H groups in total. The van der Waals surface area contributed by atoms with Gasteiger partial charge in [0.1, 0.15) is 11.6 Å². The fourth-order valence-corrected chi connectivity index (χ4v) is 2.10. The van der Waals surface area contributed by atoms with Gasteiger partial charge in [-0.1, -0.05) is 20.3 Å². The highest BCUT2D eigenvalue weighted by molar-refractivity contribution is 5.18. The highest BCUT2D eigenvalue weighted by Gasteiger charge is 2.10. The van der Waals surface area contributed by atoms with Crippen molar-refractivity contribution < 1.29 is 8.78 Å². The standard InChI is InChI=1S/C14H21F2N/c1-3-5-11(10-17-4-2)6-12-7-13(15)9-14(16)8-12/h7-9,11,17H,3-6,10H2,1-2H3. The summed E-state index contributed by atoms with van der Waals surface area (Å²) in [6.45, 7) is 6.02. The van der Waals surface area contributed by atoms with E-state index >= 15 is 0 Å². The molecule has 1 aromatic rings. The molecule has 0 heterocycles. The number of halogens is 2. The first-order valence-corrected chi connectivity index (χ1v) is 6.31. The summed E-state index contributed by atoms with van der Waals surface area (Å²) >= 11 is 0. The molecule has 96 valence electrons. The van der Waals surface area contributed by atoms with E-state index in [1.807, 2.05) is 0 Å². The Morgan fingerprint density at radius 3 is 2.29 bits per heavy atom. The monoisotopic (exact) mass is 241 g/mol. The summed E-state index contributed by atoms with van der Waals surface area (Å²) in [6, 6.07) is 3.78. The van der Waals surface area contributed by atoms with Crippen LogP contribution in [0.3, 0.4) is 0 Å². The molecule has 1 atom stereocenters. The van der Waals surface area contributed by atoms with Crippen molar-refractivity contribution in [2.24, 2.45) is 5.92 Å². The van der Waals surface area contributed by atoms with Gasteiger partial charge >= 0.3 is 0 Å². The van der Waals surface area contributed by atoms with E-state index in [-0.39, 0.29) is 0 Å². The molecule has 0 bridgehead atoms. The van der Waals surface area contributed by atoms with Gasteiger partial charge in [0.05, 0.1) is 0 Å². The normalized spacial score (nSPS) is 12.7. The van der Waals surface area contributed by atoms with Crippen molar-refractivity contribution in [1.82, 2.24) is 5.32 Å². The summed E-state index contributed by atoms with van der Waals surface area (Å²) in [5.41, 5.74) is 0.749. The highest BCUT2D eigenvalue weighted by atomic mass is 19.1. The minimum absolute atomic E-state index is 0.446. The lowest BCUT2D eigenvalue weighted by atomic mass is 9.95. The maximum absolute atomic E-state index is 13.1. The SMILES string of the molecule is CCCC(CNCC)Cc1cc(F)cc(F)c1. The van der Waals surface area contributed by atoms with Crippen LogP contribution in [0, 0.1) is 17.6 Å². The van der Waals surface area contributed by atoms with Crippen LogP contribution in [0.4, 0.5) is 8.78 Å². The molecule has 0 aliphatic rings. The average Bonchev–Trinajstić information content (AvgIpc) is 2.24. The van der Waals surface area contributed by atoms with E-state index in [4.69, 9.17) is 0 Å². The molecule has 0 saturated carbocycles. The largest absolute Gasteiger partial charge is 0.317 e. The zero-order chi connectivity index (χ0) is 12.7. The van der Waals surface area contributed by atoms with E-state index in [9.17, 15) is 8.78 Å². The summed E-state index contributed by atoms with van der Waals surface area (Å²) in [5.74, 6) is -0.529. The van der Waals surface area contributed by atoms with Gasteiger partial charge in [-0.3, -0.25) is 0 Å². The lowest BCUT2D eigenvalue weighted by Crippen LogP contribution is -2.24. The van der Waals surface area contributed by atoms with Crippen LogP contribution in [0.15, 0.2) is 18.2 Å². The van der Waals surface area contributed by atoms with Crippen LogP contribution in [0.5, 0.6) is 0 Å². The Morgan fingerprint density at radius 2 is 1.76 bits per heavy atom. The summed E-state index contributed by atoms with van der Waals surface area (Å²) in [7, 11) is 0. The van der Waals surface area contributed by atoms with Crippen molar-refractivity contribution in [1.29, 1.82) is 0 Å². The zero-order valence-corrected chi connectivity index (χ0v) is 10.6. The van der Waals surface area contributed by atoms with E-state index < -0.39 is 11.6 Å². The molecule has 1 rings (SSSR count). The summed E-state index contributed by atoms with van der Waals surface area (Å²) in [4.78, 5) is 0. The molecule has 0 fully saturated rings. The molecule has 0 amide bonds. The molecular weight excluding hydrogens is 220 g/mol. The molecule has 0 radical (unpaired) electrons. The second-order valence-corrected chi connectivity index (χ2v) is 4.44. The quantitative estimate of drug-likeness (QED) is 0.770. The van der Waals surface area contributed by atoms with Gasteiger partial charge in [0.25, 0.3) is 0 Å². The summed E-state index contributed by atoms with van der Waals surface area (Å²) in [6.07, 6.45) is 2.90. The molecule has 3 heteroatoms. The molecule has 17 heavy (non-hydrogen) atoms. The van der Waals surface area contributed by atoms with E-state index in [0.717, 1.165) is 44.0 Å². The van der Waals surface area contributed by atoms with Gasteiger partial charge in [-0.15, -0.1) is 0 Å². The Morgan fingerprint density at radius 1 is 1.12 bits per heavy atom. The third kappa shape index (κ3) is 5.26. The molecule has 0 aliphatic heterocycles. The van der Waals surface area contributed by atoms with Crippen molar-refractivity contribution in [2.45, 2.75) is 33.1 Å². The van der Waals surface area contributed by atoms with E-state index in [2.05, 4.69) is 19.2 Å². The van der Waals surface area contributed by atoms with Crippen molar-refractivity contribution >= 4 is 0 Å². The maximum atomic E-state index is 13.1. The van der Waals surface area contributed by atoms with E-state index in [1.54, 1.807) is 0 Å². The van der Waals surface area contributed by atoms with Gasteiger partial charge in [0, 0.05) is 6.07 Å². The van der Waals surface area contributed by atoms with Crippen LogP contribution in [0.1, 0.15) is 32.3 Å². The lowest BCUT2D eigenvalue weighted by Gasteiger charge is -2.16. The van der Waals surface area contributed by atoms with Crippen LogP contribution in [0.25, 0.3) is 0 Å². The Hall–Kier alpha value is -0.960. The topological polar surface area (TPSA) is 12.0 Å². The smallest absolute Gasteiger partial charge is 0.126 e. The van der Waals surface area contributed by atoms with Gasteiger partial charge in [0.15, 0.2) is 0 Å². The second kappa shape index (κ2) is 7.38. The molecule has 1 unspecified atom stereocenters. The van der Waals surface area contributed by atoms with Crippen LogP contribution in [-0.4, -0.2) is 13.1 Å². The first-order valence-electron chi connectivity index (χ1n) is 6.31. The second-order valence-electron chi connectivity index (χ2n) is 4.44. The number of hydrogen-bond acceptors (Lipinski definition) is 1. The van der Waals surface area contributed by atoms with Gasteiger partial charge < -0.3 is 5.32 Å². The first-order chi connectivity index (χ1) is 8.15.